The normalized spacial score (nSPS) is 19.4. The molecule has 1 aliphatic carbocycles. The van der Waals surface area contributed by atoms with Crippen LogP contribution in [0.1, 0.15) is 29.3 Å². The van der Waals surface area contributed by atoms with Crippen LogP contribution in [0.4, 0.5) is 4.39 Å². The highest BCUT2D eigenvalue weighted by atomic mass is 19.1. The van der Waals surface area contributed by atoms with E-state index in [9.17, 15) is 9.18 Å². The van der Waals surface area contributed by atoms with E-state index in [1.165, 1.54) is 19.2 Å². The Hall–Kier alpha value is -2.47. The first kappa shape index (κ1) is 17.4. The van der Waals surface area contributed by atoms with Crippen LogP contribution in [0.3, 0.4) is 0 Å². The van der Waals surface area contributed by atoms with Gasteiger partial charge in [0.05, 0.1) is 11.4 Å². The van der Waals surface area contributed by atoms with Crippen LogP contribution in [0.25, 0.3) is 5.69 Å². The van der Waals surface area contributed by atoms with Gasteiger partial charge in [-0.25, -0.2) is 9.07 Å². The third-order valence-corrected chi connectivity index (χ3v) is 4.49. The molecule has 0 spiro atoms. The zero-order valence-electron chi connectivity index (χ0n) is 14.6. The maximum atomic E-state index is 13.2. The van der Waals surface area contributed by atoms with Gasteiger partial charge in [-0.05, 0) is 44.5 Å². The number of nitrogens with one attached hydrogen (secondary N) is 1. The second-order valence-corrected chi connectivity index (χ2v) is 6.31. The van der Waals surface area contributed by atoms with E-state index in [4.69, 9.17) is 4.74 Å². The third kappa shape index (κ3) is 3.64. The zero-order chi connectivity index (χ0) is 18.0. The molecule has 2 atom stereocenters. The summed E-state index contributed by atoms with van der Waals surface area (Å²) in [4.78, 5) is 11.7. The minimum atomic E-state index is -0.265. The van der Waals surface area contributed by atoms with Crippen molar-refractivity contribution < 1.29 is 13.9 Å². The number of amides is 1. The van der Waals surface area contributed by atoms with Crippen molar-refractivity contribution in [2.75, 3.05) is 13.7 Å². The summed E-state index contributed by atoms with van der Waals surface area (Å²) in [6, 6.07) is 6.30. The van der Waals surface area contributed by atoms with Crippen molar-refractivity contribution in [3.63, 3.8) is 0 Å². The summed E-state index contributed by atoms with van der Waals surface area (Å²) in [5.74, 6) is -0.186. The molecule has 132 valence electrons. The highest BCUT2D eigenvalue weighted by Crippen LogP contribution is 2.33. The van der Waals surface area contributed by atoms with E-state index < -0.39 is 0 Å². The Morgan fingerprint density at radius 3 is 2.72 bits per heavy atom. The van der Waals surface area contributed by atoms with Crippen molar-refractivity contribution in [2.24, 2.45) is 0 Å². The zero-order valence-corrected chi connectivity index (χ0v) is 14.6. The van der Waals surface area contributed by atoms with Gasteiger partial charge in [0.15, 0.2) is 0 Å². The van der Waals surface area contributed by atoms with Gasteiger partial charge in [-0.15, -0.1) is 0 Å². The fourth-order valence-electron chi connectivity index (χ4n) is 3.42. The lowest BCUT2D eigenvalue weighted by atomic mass is 9.96. The van der Waals surface area contributed by atoms with Gasteiger partial charge in [-0.1, -0.05) is 12.2 Å². The summed E-state index contributed by atoms with van der Waals surface area (Å²) < 4.78 is 19.8. The molecule has 1 aromatic carbocycles. The van der Waals surface area contributed by atoms with Crippen LogP contribution < -0.4 is 5.32 Å². The summed E-state index contributed by atoms with van der Waals surface area (Å²) in [5.41, 5.74) is 3.97. The Balaban J connectivity index is 1.79. The fraction of sp³-hybridized carbons (Fsp3) is 0.368. The molecule has 0 saturated carbocycles. The average molecular weight is 343 g/mol. The molecule has 1 heterocycles. The van der Waals surface area contributed by atoms with Gasteiger partial charge in [0.2, 0.25) is 5.91 Å². The minimum absolute atomic E-state index is 0.000575. The van der Waals surface area contributed by atoms with Crippen LogP contribution in [0.2, 0.25) is 0 Å². The number of halogens is 1. The summed E-state index contributed by atoms with van der Waals surface area (Å²) in [6.07, 6.45) is 4.93. The maximum Gasteiger partial charge on any atom is 0.246 e. The summed E-state index contributed by atoms with van der Waals surface area (Å²) in [7, 11) is 1.50. The number of nitrogens with zero attached hydrogens (tertiary/aromatic N) is 2. The van der Waals surface area contributed by atoms with E-state index in [0.29, 0.717) is 0 Å². The standard InChI is InChI=1S/C19H22FN3O2/c1-12-19(14-4-7-16(10-14)21-18(24)11-25-3)13(2)23(22-12)17-8-5-15(20)6-9-17/h4-9,14,16H,10-11H2,1-3H3,(H,21,24)/t14-,16-/m1/s1. The molecule has 0 aliphatic heterocycles. The minimum Gasteiger partial charge on any atom is -0.375 e. The third-order valence-electron chi connectivity index (χ3n) is 4.49. The van der Waals surface area contributed by atoms with Gasteiger partial charge in [-0.3, -0.25) is 4.79 Å². The number of carbonyl (C=O) groups excluding carboxylic acids is 1. The van der Waals surface area contributed by atoms with Gasteiger partial charge in [0.25, 0.3) is 0 Å². The van der Waals surface area contributed by atoms with Crippen molar-refractivity contribution >= 4 is 5.91 Å². The number of carbonyl (C=O) groups is 1. The molecule has 3 rings (SSSR count). The largest absolute Gasteiger partial charge is 0.375 e. The summed E-state index contributed by atoms with van der Waals surface area (Å²) in [5, 5.41) is 7.57. The van der Waals surface area contributed by atoms with Crippen LogP contribution in [0, 0.1) is 19.7 Å². The number of benzene rings is 1. The van der Waals surface area contributed by atoms with Crippen molar-refractivity contribution in [2.45, 2.75) is 32.2 Å². The number of aryl methyl sites for hydroxylation is 1. The molecule has 0 fully saturated rings. The fourth-order valence-corrected chi connectivity index (χ4v) is 3.42. The molecule has 2 aromatic rings. The Kier molecular flexibility index (Phi) is 4.99. The second kappa shape index (κ2) is 7.19. The second-order valence-electron chi connectivity index (χ2n) is 6.31. The number of hydrogen-bond acceptors (Lipinski definition) is 3. The van der Waals surface area contributed by atoms with E-state index in [1.54, 1.807) is 12.1 Å². The van der Waals surface area contributed by atoms with E-state index in [2.05, 4.69) is 16.5 Å². The molecule has 0 bridgehead atoms. The van der Waals surface area contributed by atoms with Crippen LogP contribution in [0.5, 0.6) is 0 Å². The molecule has 1 amide bonds. The van der Waals surface area contributed by atoms with Crippen molar-refractivity contribution in [1.29, 1.82) is 0 Å². The van der Waals surface area contributed by atoms with Crippen LogP contribution in [-0.4, -0.2) is 35.4 Å². The Bertz CT molecular complexity index is 796. The average Bonchev–Trinajstić information content (AvgIpc) is 3.12. The number of rotatable bonds is 5. The monoisotopic (exact) mass is 343 g/mol. The lowest BCUT2D eigenvalue weighted by Crippen LogP contribution is -2.35. The lowest BCUT2D eigenvalue weighted by Gasteiger charge is -2.14. The topological polar surface area (TPSA) is 56.1 Å². The molecule has 0 saturated heterocycles. The molecule has 25 heavy (non-hydrogen) atoms. The Morgan fingerprint density at radius 2 is 2.04 bits per heavy atom. The van der Waals surface area contributed by atoms with Crippen LogP contribution in [0.15, 0.2) is 36.4 Å². The van der Waals surface area contributed by atoms with Crippen molar-refractivity contribution in [1.82, 2.24) is 15.1 Å². The molecular formula is C19H22FN3O2. The van der Waals surface area contributed by atoms with Crippen molar-refractivity contribution in [3.8, 4) is 5.69 Å². The maximum absolute atomic E-state index is 13.2. The first-order valence-corrected chi connectivity index (χ1v) is 8.28. The van der Waals surface area contributed by atoms with E-state index in [0.717, 1.165) is 29.1 Å². The number of allylic oxidation sites excluding steroid dienone is 1. The highest BCUT2D eigenvalue weighted by molar-refractivity contribution is 5.77. The summed E-state index contributed by atoms with van der Waals surface area (Å²) >= 11 is 0. The molecule has 0 unspecified atom stereocenters. The molecule has 1 N–H and O–H groups in total. The smallest absolute Gasteiger partial charge is 0.246 e. The number of methoxy groups -OCH3 is 1. The SMILES string of the molecule is COCC(=O)N[C@@H]1C=C[C@@H](c2c(C)nn(-c3ccc(F)cc3)c2C)C1. The number of ether oxygens (including phenoxy) is 1. The highest BCUT2D eigenvalue weighted by Gasteiger charge is 2.26. The van der Waals surface area contributed by atoms with E-state index >= 15 is 0 Å². The first-order chi connectivity index (χ1) is 12.0. The van der Waals surface area contributed by atoms with Gasteiger partial charge in [0, 0.05) is 30.3 Å². The summed E-state index contributed by atoms with van der Waals surface area (Å²) in [6.45, 7) is 4.06. The Labute approximate surface area is 146 Å². The molecular weight excluding hydrogens is 321 g/mol. The van der Waals surface area contributed by atoms with E-state index in [-0.39, 0.29) is 30.3 Å². The molecule has 0 radical (unpaired) electrons. The Morgan fingerprint density at radius 1 is 1.32 bits per heavy atom. The van der Waals surface area contributed by atoms with Gasteiger partial charge >= 0.3 is 0 Å². The predicted octanol–water partition coefficient (Wildman–Crippen LogP) is 2.80. The quantitative estimate of drug-likeness (QED) is 0.850. The van der Waals surface area contributed by atoms with Gasteiger partial charge < -0.3 is 10.1 Å². The lowest BCUT2D eigenvalue weighted by molar-refractivity contribution is -0.125. The van der Waals surface area contributed by atoms with Crippen LogP contribution in [-0.2, 0) is 9.53 Å². The first-order valence-electron chi connectivity index (χ1n) is 8.28. The molecule has 1 aliphatic rings. The molecule has 5 nitrogen and oxygen atoms in total. The van der Waals surface area contributed by atoms with Gasteiger partial charge in [-0.2, -0.15) is 5.10 Å². The molecule has 1 aromatic heterocycles. The van der Waals surface area contributed by atoms with E-state index in [1.807, 2.05) is 24.6 Å². The van der Waals surface area contributed by atoms with Crippen LogP contribution >= 0.6 is 0 Å². The number of hydrogen-bond donors (Lipinski definition) is 1. The number of aromatic nitrogens is 2. The van der Waals surface area contributed by atoms with Gasteiger partial charge in [0.1, 0.15) is 12.4 Å². The molecule has 6 heteroatoms. The predicted molar refractivity (Wildman–Crippen MR) is 93.3 cm³/mol. The van der Waals surface area contributed by atoms with Crippen molar-refractivity contribution in [3.05, 3.63) is 59.2 Å².